The maximum absolute atomic E-state index is 4.29. The van der Waals surface area contributed by atoms with Crippen molar-refractivity contribution in [3.8, 4) is 0 Å². The molecule has 1 aliphatic heterocycles. The maximum Gasteiger partial charge on any atom is 0.159 e. The third-order valence-corrected chi connectivity index (χ3v) is 2.16. The highest BCUT2D eigenvalue weighted by molar-refractivity contribution is 7.99. The van der Waals surface area contributed by atoms with E-state index in [2.05, 4.69) is 15.3 Å². The third kappa shape index (κ3) is 0.844. The van der Waals surface area contributed by atoms with Crippen LogP contribution in [-0.2, 0) is 0 Å². The molecule has 1 N–H and O–H groups in total. The Bertz CT molecular complexity index is 261. The van der Waals surface area contributed by atoms with Crippen molar-refractivity contribution in [2.75, 3.05) is 11.2 Å². The van der Waals surface area contributed by atoms with Crippen molar-refractivity contribution in [3.05, 3.63) is 11.9 Å². The van der Waals surface area contributed by atoms with E-state index >= 15 is 0 Å². The van der Waals surface area contributed by atoms with Gasteiger partial charge in [0.25, 0.3) is 0 Å². The molecule has 1 aromatic heterocycles. The van der Waals surface area contributed by atoms with E-state index in [9.17, 15) is 0 Å². The van der Waals surface area contributed by atoms with Gasteiger partial charge in [0.2, 0.25) is 0 Å². The zero-order chi connectivity index (χ0) is 6.97. The Balaban J connectivity index is 2.52. The van der Waals surface area contributed by atoms with Gasteiger partial charge in [0.15, 0.2) is 5.82 Å². The number of aryl methyl sites for hydroxylation is 1. The first-order chi connectivity index (χ1) is 4.86. The molecule has 3 nitrogen and oxygen atoms in total. The molecule has 0 unspecified atom stereocenters. The highest BCUT2D eigenvalue weighted by Gasteiger charge is 2.12. The zero-order valence-electron chi connectivity index (χ0n) is 5.59. The molecule has 52 valence electrons. The van der Waals surface area contributed by atoms with Crippen molar-refractivity contribution in [2.24, 2.45) is 0 Å². The van der Waals surface area contributed by atoms with Crippen LogP contribution in [0.4, 0.5) is 5.82 Å². The average molecular weight is 153 g/mol. The lowest BCUT2D eigenvalue weighted by Gasteiger charge is -1.95. The Morgan fingerprint density at radius 2 is 2.60 bits per heavy atom. The number of nitrogens with zero attached hydrogens (tertiary/aromatic N) is 2. The molecule has 2 rings (SSSR count). The summed E-state index contributed by atoms with van der Waals surface area (Å²) >= 11 is 1.70. The number of thioether (sulfide) groups is 1. The summed E-state index contributed by atoms with van der Waals surface area (Å²) in [6.45, 7) is 1.95. The number of fused-ring (bicyclic) bond motifs is 1. The summed E-state index contributed by atoms with van der Waals surface area (Å²) in [6.07, 6.45) is 1.78. The average Bonchev–Trinajstić information content (AvgIpc) is 2.33. The molecule has 4 heteroatoms. The van der Waals surface area contributed by atoms with E-state index in [4.69, 9.17) is 0 Å². The highest BCUT2D eigenvalue weighted by atomic mass is 32.2. The minimum atomic E-state index is 0.902. The van der Waals surface area contributed by atoms with Crippen molar-refractivity contribution in [1.82, 2.24) is 9.97 Å². The molecule has 0 spiro atoms. The van der Waals surface area contributed by atoms with Crippen molar-refractivity contribution in [3.63, 3.8) is 0 Å². The molecular weight excluding hydrogens is 146 g/mol. The Morgan fingerprint density at radius 3 is 3.50 bits per heavy atom. The van der Waals surface area contributed by atoms with Crippen molar-refractivity contribution in [2.45, 2.75) is 11.9 Å². The van der Waals surface area contributed by atoms with Gasteiger partial charge in [-0.2, -0.15) is 0 Å². The van der Waals surface area contributed by atoms with Crippen LogP contribution in [0.1, 0.15) is 5.69 Å². The van der Waals surface area contributed by atoms with Crippen LogP contribution >= 0.6 is 11.8 Å². The van der Waals surface area contributed by atoms with Crippen LogP contribution in [0.25, 0.3) is 0 Å². The van der Waals surface area contributed by atoms with Crippen LogP contribution in [0.3, 0.4) is 0 Å². The molecule has 0 aliphatic carbocycles. The third-order valence-electron chi connectivity index (χ3n) is 1.31. The van der Waals surface area contributed by atoms with Crippen molar-refractivity contribution < 1.29 is 0 Å². The van der Waals surface area contributed by atoms with Gasteiger partial charge in [-0.3, -0.25) is 0 Å². The Morgan fingerprint density at radius 1 is 1.70 bits per heavy atom. The summed E-state index contributed by atoms with van der Waals surface area (Å²) < 4.78 is 0. The van der Waals surface area contributed by atoms with Gasteiger partial charge in [-0.1, -0.05) is 11.8 Å². The molecule has 0 atom stereocenters. The van der Waals surface area contributed by atoms with Gasteiger partial charge in [-0.25, -0.2) is 9.97 Å². The van der Waals surface area contributed by atoms with Crippen LogP contribution in [-0.4, -0.2) is 15.8 Å². The van der Waals surface area contributed by atoms with E-state index in [0.29, 0.717) is 0 Å². The van der Waals surface area contributed by atoms with E-state index in [1.807, 2.05) is 6.92 Å². The number of aromatic nitrogens is 2. The first-order valence-corrected chi connectivity index (χ1v) is 4.05. The normalized spacial score (nSPS) is 14.5. The standard InChI is InChI=1S/C6H7N3S/c1-4-2-7-5-6(9-4)10-3-8-5/h2H,3H2,1H3,(H,7,8). The quantitative estimate of drug-likeness (QED) is 0.609. The maximum atomic E-state index is 4.29. The van der Waals surface area contributed by atoms with Gasteiger partial charge in [-0.05, 0) is 6.92 Å². The fourth-order valence-electron chi connectivity index (χ4n) is 0.850. The first kappa shape index (κ1) is 5.97. The molecule has 1 aliphatic rings. The van der Waals surface area contributed by atoms with Crippen LogP contribution in [0.2, 0.25) is 0 Å². The molecule has 0 bridgehead atoms. The van der Waals surface area contributed by atoms with Gasteiger partial charge in [0.05, 0.1) is 17.8 Å². The molecule has 0 aromatic carbocycles. The summed E-state index contributed by atoms with van der Waals surface area (Å²) in [7, 11) is 0. The molecular formula is C6H7N3S. The second kappa shape index (κ2) is 2.12. The minimum Gasteiger partial charge on any atom is -0.358 e. The monoisotopic (exact) mass is 153 g/mol. The smallest absolute Gasteiger partial charge is 0.159 e. The lowest BCUT2D eigenvalue weighted by atomic mass is 10.5. The lowest BCUT2D eigenvalue weighted by Crippen LogP contribution is -1.92. The predicted octanol–water partition coefficient (Wildman–Crippen LogP) is 1.26. The summed E-state index contributed by atoms with van der Waals surface area (Å²) in [6, 6.07) is 0. The second-order valence-corrected chi connectivity index (χ2v) is 3.09. The molecule has 0 saturated carbocycles. The summed E-state index contributed by atoms with van der Waals surface area (Å²) in [5, 5.41) is 4.14. The van der Waals surface area contributed by atoms with Crippen LogP contribution in [0, 0.1) is 6.92 Å². The topological polar surface area (TPSA) is 37.8 Å². The van der Waals surface area contributed by atoms with Crippen LogP contribution in [0.5, 0.6) is 0 Å². The number of anilines is 1. The van der Waals surface area contributed by atoms with Gasteiger partial charge in [0.1, 0.15) is 5.03 Å². The van der Waals surface area contributed by atoms with Crippen molar-refractivity contribution >= 4 is 17.6 Å². The van der Waals surface area contributed by atoms with E-state index in [-0.39, 0.29) is 0 Å². The zero-order valence-corrected chi connectivity index (χ0v) is 6.40. The summed E-state index contributed by atoms with van der Waals surface area (Å²) in [5.41, 5.74) is 0.981. The van der Waals surface area contributed by atoms with E-state index in [0.717, 1.165) is 22.4 Å². The van der Waals surface area contributed by atoms with Crippen LogP contribution < -0.4 is 5.32 Å². The fraction of sp³-hybridized carbons (Fsp3) is 0.333. The van der Waals surface area contributed by atoms with Crippen molar-refractivity contribution in [1.29, 1.82) is 0 Å². The molecule has 0 amide bonds. The van der Waals surface area contributed by atoms with E-state index in [1.165, 1.54) is 0 Å². The highest BCUT2D eigenvalue weighted by Crippen LogP contribution is 2.28. The molecule has 2 heterocycles. The number of hydrogen-bond donors (Lipinski definition) is 1. The number of rotatable bonds is 0. The molecule has 0 fully saturated rings. The van der Waals surface area contributed by atoms with E-state index < -0.39 is 0 Å². The second-order valence-electron chi connectivity index (χ2n) is 2.13. The number of hydrogen-bond acceptors (Lipinski definition) is 4. The molecule has 0 saturated heterocycles. The van der Waals surface area contributed by atoms with Gasteiger partial charge in [0, 0.05) is 0 Å². The number of nitrogens with one attached hydrogen (secondary N) is 1. The largest absolute Gasteiger partial charge is 0.358 e. The predicted molar refractivity (Wildman–Crippen MR) is 41.1 cm³/mol. The fourth-order valence-corrected chi connectivity index (χ4v) is 1.67. The Hall–Kier alpha value is -0.770. The summed E-state index contributed by atoms with van der Waals surface area (Å²) in [5.74, 6) is 1.83. The minimum absolute atomic E-state index is 0.902. The Labute approximate surface area is 63.3 Å². The lowest BCUT2D eigenvalue weighted by molar-refractivity contribution is 1.02. The van der Waals surface area contributed by atoms with Crippen LogP contribution in [0.15, 0.2) is 11.2 Å². The first-order valence-electron chi connectivity index (χ1n) is 3.06. The molecule has 0 radical (unpaired) electrons. The van der Waals surface area contributed by atoms with Gasteiger partial charge >= 0.3 is 0 Å². The molecule has 10 heavy (non-hydrogen) atoms. The SMILES string of the molecule is Cc1cnc2c(n1)SCN2. The van der Waals surface area contributed by atoms with Gasteiger partial charge < -0.3 is 5.32 Å². The molecule has 1 aromatic rings. The Kier molecular flexibility index (Phi) is 1.27. The van der Waals surface area contributed by atoms with Gasteiger partial charge in [-0.15, -0.1) is 0 Å². The summed E-state index contributed by atoms with van der Waals surface area (Å²) in [4.78, 5) is 8.46. The van der Waals surface area contributed by atoms with E-state index in [1.54, 1.807) is 18.0 Å².